The number of Topliss-reactive ketones (excluding diaryl/α,β-unsaturated/α-hetero) is 1. The van der Waals surface area contributed by atoms with E-state index in [1.807, 2.05) is 0 Å². The van der Waals surface area contributed by atoms with Crippen molar-refractivity contribution >= 4 is 5.78 Å². The molecule has 0 amide bonds. The fourth-order valence-electron chi connectivity index (χ4n) is 3.07. The molecule has 110 valence electrons. The fourth-order valence-corrected chi connectivity index (χ4v) is 3.07. The van der Waals surface area contributed by atoms with Crippen LogP contribution < -0.4 is 10.5 Å². The highest BCUT2D eigenvalue weighted by Crippen LogP contribution is 2.39. The van der Waals surface area contributed by atoms with Crippen molar-refractivity contribution in [2.24, 2.45) is 11.1 Å². The van der Waals surface area contributed by atoms with Crippen LogP contribution in [0.25, 0.3) is 0 Å². The third-order valence-corrected chi connectivity index (χ3v) is 4.34. The zero-order valence-electron chi connectivity index (χ0n) is 12.0. The molecular weight excluding hydrogens is 257 g/mol. The molecule has 3 nitrogen and oxygen atoms in total. The van der Waals surface area contributed by atoms with Crippen LogP contribution in [-0.4, -0.2) is 19.4 Å². The van der Waals surface area contributed by atoms with Gasteiger partial charge in [0, 0.05) is 12.0 Å². The lowest BCUT2D eigenvalue weighted by atomic mass is 9.74. The van der Waals surface area contributed by atoms with Gasteiger partial charge in [0.05, 0.1) is 12.7 Å². The van der Waals surface area contributed by atoms with E-state index in [-0.39, 0.29) is 5.78 Å². The van der Waals surface area contributed by atoms with Crippen molar-refractivity contribution in [1.29, 1.82) is 0 Å². The molecule has 1 fully saturated rings. The zero-order chi connectivity index (χ0) is 14.6. The Labute approximate surface area is 119 Å². The van der Waals surface area contributed by atoms with Crippen LogP contribution in [0.5, 0.6) is 5.75 Å². The summed E-state index contributed by atoms with van der Waals surface area (Å²) in [6.45, 7) is 0.311. The fraction of sp³-hybridized carbons (Fsp3) is 0.562. The molecule has 20 heavy (non-hydrogen) atoms. The number of ether oxygens (including phenoxy) is 1. The zero-order valence-corrected chi connectivity index (χ0v) is 12.0. The molecule has 1 saturated carbocycles. The molecule has 1 aromatic carbocycles. The number of carbonyl (C=O) groups excluding carboxylic acids is 1. The molecule has 0 saturated heterocycles. The van der Waals surface area contributed by atoms with Gasteiger partial charge in [0.1, 0.15) is 11.6 Å². The van der Waals surface area contributed by atoms with Crippen LogP contribution in [0.1, 0.15) is 48.9 Å². The molecule has 0 spiro atoms. The Morgan fingerprint density at radius 1 is 1.30 bits per heavy atom. The molecule has 0 aliphatic heterocycles. The topological polar surface area (TPSA) is 52.3 Å². The second-order valence-electron chi connectivity index (χ2n) is 5.57. The molecule has 0 unspecified atom stereocenters. The second-order valence-corrected chi connectivity index (χ2v) is 5.57. The number of halogens is 1. The van der Waals surface area contributed by atoms with Gasteiger partial charge in [-0.1, -0.05) is 25.7 Å². The minimum absolute atomic E-state index is 0.0711. The standard InChI is InChI=1S/C16H22FNO2/c1-20-14-7-6-12(17)10-13(14)15(19)16(11-18)8-4-2-3-5-9-16/h6-7,10H,2-5,8-9,11,18H2,1H3. The van der Waals surface area contributed by atoms with Crippen molar-refractivity contribution in [2.75, 3.05) is 13.7 Å². The molecular formula is C16H22FNO2. The van der Waals surface area contributed by atoms with Crippen LogP contribution in [0.2, 0.25) is 0 Å². The molecule has 0 aromatic heterocycles. The summed E-state index contributed by atoms with van der Waals surface area (Å²) in [5.41, 5.74) is 5.68. The third-order valence-electron chi connectivity index (χ3n) is 4.34. The number of ketones is 1. The molecule has 0 radical (unpaired) electrons. The maximum atomic E-state index is 13.5. The number of hydrogen-bond donors (Lipinski definition) is 1. The van der Waals surface area contributed by atoms with Gasteiger partial charge in [0.25, 0.3) is 0 Å². The van der Waals surface area contributed by atoms with Gasteiger partial charge in [-0.3, -0.25) is 4.79 Å². The van der Waals surface area contributed by atoms with Gasteiger partial charge in [-0.25, -0.2) is 4.39 Å². The van der Waals surface area contributed by atoms with E-state index in [0.717, 1.165) is 38.5 Å². The molecule has 0 bridgehead atoms. The number of nitrogens with two attached hydrogens (primary N) is 1. The van der Waals surface area contributed by atoms with E-state index in [4.69, 9.17) is 10.5 Å². The van der Waals surface area contributed by atoms with Gasteiger partial charge in [0.2, 0.25) is 0 Å². The molecule has 1 aromatic rings. The molecule has 4 heteroatoms. The predicted octanol–water partition coefficient (Wildman–Crippen LogP) is 3.32. The van der Waals surface area contributed by atoms with Crippen molar-refractivity contribution in [3.05, 3.63) is 29.6 Å². The first kappa shape index (κ1) is 15.0. The number of rotatable bonds is 4. The summed E-state index contributed by atoms with van der Waals surface area (Å²) >= 11 is 0. The van der Waals surface area contributed by atoms with Crippen LogP contribution in [0, 0.1) is 11.2 Å². The van der Waals surface area contributed by atoms with Gasteiger partial charge < -0.3 is 10.5 Å². The van der Waals surface area contributed by atoms with E-state index in [1.54, 1.807) is 0 Å². The molecule has 2 N–H and O–H groups in total. The monoisotopic (exact) mass is 279 g/mol. The first-order chi connectivity index (χ1) is 9.63. The molecule has 1 aliphatic carbocycles. The summed E-state index contributed by atoms with van der Waals surface area (Å²) in [6, 6.07) is 4.07. The lowest BCUT2D eigenvalue weighted by Gasteiger charge is -2.30. The highest BCUT2D eigenvalue weighted by molar-refractivity contribution is 6.03. The van der Waals surface area contributed by atoms with E-state index >= 15 is 0 Å². The minimum atomic E-state index is -0.558. The molecule has 0 atom stereocenters. The largest absolute Gasteiger partial charge is 0.496 e. The normalized spacial score (nSPS) is 18.4. The van der Waals surface area contributed by atoms with E-state index in [2.05, 4.69) is 0 Å². The Bertz CT molecular complexity index is 479. The summed E-state index contributed by atoms with van der Waals surface area (Å²) in [5, 5.41) is 0. The maximum absolute atomic E-state index is 13.5. The first-order valence-electron chi connectivity index (χ1n) is 7.21. The predicted molar refractivity (Wildman–Crippen MR) is 76.5 cm³/mol. The maximum Gasteiger partial charge on any atom is 0.174 e. The van der Waals surface area contributed by atoms with Crippen LogP contribution >= 0.6 is 0 Å². The number of hydrogen-bond acceptors (Lipinski definition) is 3. The van der Waals surface area contributed by atoms with Crippen LogP contribution in [0.15, 0.2) is 18.2 Å². The van der Waals surface area contributed by atoms with Gasteiger partial charge >= 0.3 is 0 Å². The van der Waals surface area contributed by atoms with Crippen molar-refractivity contribution in [3.8, 4) is 5.75 Å². The summed E-state index contributed by atoms with van der Waals surface area (Å²) < 4.78 is 18.7. The lowest BCUT2D eigenvalue weighted by molar-refractivity contribution is 0.0770. The third kappa shape index (κ3) is 2.85. The number of carbonyl (C=O) groups is 1. The highest BCUT2D eigenvalue weighted by atomic mass is 19.1. The SMILES string of the molecule is COc1ccc(F)cc1C(=O)C1(CN)CCCCCC1. The van der Waals surface area contributed by atoms with Gasteiger partial charge in [-0.2, -0.15) is 0 Å². The van der Waals surface area contributed by atoms with Gasteiger partial charge in [-0.05, 0) is 31.0 Å². The molecule has 1 aliphatic rings. The Kier molecular flexibility index (Phi) is 4.76. The first-order valence-corrected chi connectivity index (χ1v) is 7.21. The minimum Gasteiger partial charge on any atom is -0.496 e. The Balaban J connectivity index is 2.39. The van der Waals surface area contributed by atoms with E-state index in [1.165, 1.54) is 25.3 Å². The summed E-state index contributed by atoms with van der Waals surface area (Å²) in [4.78, 5) is 12.9. The smallest absolute Gasteiger partial charge is 0.174 e. The second kappa shape index (κ2) is 6.35. The van der Waals surface area contributed by atoms with E-state index in [9.17, 15) is 9.18 Å². The average Bonchev–Trinajstić information content (AvgIpc) is 2.72. The van der Waals surface area contributed by atoms with E-state index in [0.29, 0.717) is 17.9 Å². The van der Waals surface area contributed by atoms with Gasteiger partial charge in [0.15, 0.2) is 5.78 Å². The van der Waals surface area contributed by atoms with Crippen molar-refractivity contribution in [2.45, 2.75) is 38.5 Å². The highest BCUT2D eigenvalue weighted by Gasteiger charge is 2.38. The average molecular weight is 279 g/mol. The summed E-state index contributed by atoms with van der Waals surface area (Å²) in [5.74, 6) is -0.0679. The Morgan fingerprint density at radius 3 is 2.50 bits per heavy atom. The number of benzene rings is 1. The Morgan fingerprint density at radius 2 is 1.95 bits per heavy atom. The molecule has 2 rings (SSSR count). The van der Waals surface area contributed by atoms with Crippen molar-refractivity contribution < 1.29 is 13.9 Å². The van der Waals surface area contributed by atoms with Crippen LogP contribution in [-0.2, 0) is 0 Å². The summed E-state index contributed by atoms with van der Waals surface area (Å²) in [6.07, 6.45) is 5.83. The van der Waals surface area contributed by atoms with Crippen molar-refractivity contribution in [1.82, 2.24) is 0 Å². The quantitative estimate of drug-likeness (QED) is 0.679. The lowest BCUT2D eigenvalue weighted by Crippen LogP contribution is -2.38. The molecule has 0 heterocycles. The summed E-state index contributed by atoms with van der Waals surface area (Å²) in [7, 11) is 1.49. The van der Waals surface area contributed by atoms with E-state index < -0.39 is 11.2 Å². The van der Waals surface area contributed by atoms with Gasteiger partial charge in [-0.15, -0.1) is 0 Å². The number of methoxy groups -OCH3 is 1. The van der Waals surface area contributed by atoms with Crippen LogP contribution in [0.3, 0.4) is 0 Å². The van der Waals surface area contributed by atoms with Crippen LogP contribution in [0.4, 0.5) is 4.39 Å². The Hall–Kier alpha value is -1.42. The van der Waals surface area contributed by atoms with Crippen molar-refractivity contribution in [3.63, 3.8) is 0 Å².